The zero-order valence-corrected chi connectivity index (χ0v) is 18.7. The van der Waals surface area contributed by atoms with E-state index in [0.29, 0.717) is 51.3 Å². The number of unbranched alkanes of at least 4 members (excludes halogenated alkanes) is 1. The van der Waals surface area contributed by atoms with E-state index in [2.05, 4.69) is 0 Å². The molecule has 3 rings (SSSR count). The van der Waals surface area contributed by atoms with Gasteiger partial charge in [0.05, 0.1) is 13.2 Å². The monoisotopic (exact) mass is 458 g/mol. The van der Waals surface area contributed by atoms with Crippen LogP contribution in [-0.4, -0.2) is 37.1 Å². The Labute approximate surface area is 194 Å². The van der Waals surface area contributed by atoms with Gasteiger partial charge in [-0.2, -0.15) is 0 Å². The molecule has 4 nitrogen and oxygen atoms in total. The van der Waals surface area contributed by atoms with Crippen molar-refractivity contribution in [1.82, 2.24) is 0 Å². The summed E-state index contributed by atoms with van der Waals surface area (Å²) in [5, 5.41) is 8.73. The average Bonchev–Trinajstić information content (AvgIpc) is 3.12. The molecule has 0 bridgehead atoms. The van der Waals surface area contributed by atoms with Gasteiger partial charge in [0.15, 0.2) is 0 Å². The Kier molecular flexibility index (Phi) is 9.88. The van der Waals surface area contributed by atoms with Gasteiger partial charge in [-0.15, -0.1) is 0 Å². The number of halogens is 2. The maximum absolute atomic E-state index is 15.1. The third-order valence-electron chi connectivity index (χ3n) is 6.19. The lowest BCUT2D eigenvalue weighted by Crippen LogP contribution is -2.23. The quantitative estimate of drug-likeness (QED) is 0.288. The molecule has 1 N–H and O–H groups in total. The Morgan fingerprint density at radius 2 is 1.79 bits per heavy atom. The first-order valence-electron chi connectivity index (χ1n) is 11.6. The summed E-state index contributed by atoms with van der Waals surface area (Å²) in [6, 6.07) is 15.9. The third-order valence-corrected chi connectivity index (χ3v) is 6.19. The lowest BCUT2D eigenvalue weighted by Gasteiger charge is -2.25. The third kappa shape index (κ3) is 7.97. The van der Waals surface area contributed by atoms with E-state index in [1.54, 1.807) is 12.1 Å². The molecule has 1 saturated carbocycles. The highest BCUT2D eigenvalue weighted by atomic mass is 19.1. The summed E-state index contributed by atoms with van der Waals surface area (Å²) in [4.78, 5) is 10.6. The zero-order chi connectivity index (χ0) is 23.5. The van der Waals surface area contributed by atoms with Gasteiger partial charge in [-0.3, -0.25) is 4.79 Å². The van der Waals surface area contributed by atoms with Gasteiger partial charge in [-0.25, -0.2) is 8.78 Å². The fourth-order valence-electron chi connectivity index (χ4n) is 4.52. The Bertz CT molecular complexity index is 869. The molecule has 0 saturated heterocycles. The van der Waals surface area contributed by atoms with Gasteiger partial charge in [-0.05, 0) is 73.3 Å². The standard InChI is InChI=1S/C27H32F2O4/c28-21-12-14-22(15-13-21)33-17-16-32-19-25-23(10-6-1-2-7-11-27(30)31)26(29)18-24(25)20-8-4-3-5-9-20/h1,3-6,8-9,12-15,23-26H,2,7,10-11,16-19H2,(H,30,31)/b6-1-/t23-,24?,25-,26+/m0/s1. The Balaban J connectivity index is 1.54. The summed E-state index contributed by atoms with van der Waals surface area (Å²) < 4.78 is 39.5. The van der Waals surface area contributed by atoms with Crippen molar-refractivity contribution in [1.29, 1.82) is 0 Å². The van der Waals surface area contributed by atoms with Crippen LogP contribution in [0.5, 0.6) is 5.75 Å². The number of aliphatic carboxylic acids is 1. The van der Waals surface area contributed by atoms with Crippen LogP contribution in [0.25, 0.3) is 0 Å². The Morgan fingerprint density at radius 3 is 2.52 bits per heavy atom. The molecule has 33 heavy (non-hydrogen) atoms. The fraction of sp³-hybridized carbons (Fsp3) is 0.444. The van der Waals surface area contributed by atoms with Crippen molar-refractivity contribution in [2.24, 2.45) is 11.8 Å². The molecule has 1 unspecified atom stereocenters. The highest BCUT2D eigenvalue weighted by molar-refractivity contribution is 5.66. The number of alkyl halides is 1. The van der Waals surface area contributed by atoms with Gasteiger partial charge in [0.2, 0.25) is 0 Å². The predicted molar refractivity (Wildman–Crippen MR) is 124 cm³/mol. The highest BCUT2D eigenvalue weighted by Gasteiger charge is 2.43. The van der Waals surface area contributed by atoms with E-state index in [-0.39, 0.29) is 30.0 Å². The smallest absolute Gasteiger partial charge is 0.303 e. The molecule has 6 heteroatoms. The van der Waals surface area contributed by atoms with E-state index in [0.717, 1.165) is 5.56 Å². The van der Waals surface area contributed by atoms with Crippen LogP contribution in [-0.2, 0) is 9.53 Å². The predicted octanol–water partition coefficient (Wildman–Crippen LogP) is 6.18. The van der Waals surface area contributed by atoms with E-state index >= 15 is 4.39 Å². The van der Waals surface area contributed by atoms with Crippen LogP contribution >= 0.6 is 0 Å². The van der Waals surface area contributed by atoms with Crippen LogP contribution in [0.15, 0.2) is 66.7 Å². The second-order valence-electron chi connectivity index (χ2n) is 8.47. The summed E-state index contributed by atoms with van der Waals surface area (Å²) in [6.45, 7) is 1.13. The summed E-state index contributed by atoms with van der Waals surface area (Å²) in [5.41, 5.74) is 1.13. The number of benzene rings is 2. The first kappa shape index (κ1) is 24.9. The number of allylic oxidation sites excluding steroid dienone is 2. The summed E-state index contributed by atoms with van der Waals surface area (Å²) in [5.74, 6) is -0.549. The molecule has 0 radical (unpaired) electrons. The Hall–Kier alpha value is -2.73. The minimum absolute atomic E-state index is 0.0388. The summed E-state index contributed by atoms with van der Waals surface area (Å²) >= 11 is 0. The number of carboxylic acid groups (broad SMARTS) is 1. The van der Waals surface area contributed by atoms with Gasteiger partial charge >= 0.3 is 5.97 Å². The first-order valence-corrected chi connectivity index (χ1v) is 11.6. The number of ether oxygens (including phenoxy) is 2. The normalized spacial score (nSPS) is 22.6. The van der Waals surface area contributed by atoms with Gasteiger partial charge < -0.3 is 14.6 Å². The maximum Gasteiger partial charge on any atom is 0.303 e. The largest absolute Gasteiger partial charge is 0.491 e. The van der Waals surface area contributed by atoms with Crippen molar-refractivity contribution in [2.45, 2.75) is 44.2 Å². The van der Waals surface area contributed by atoms with Crippen molar-refractivity contribution in [3.8, 4) is 5.75 Å². The number of hydrogen-bond acceptors (Lipinski definition) is 3. The number of carboxylic acids is 1. The van der Waals surface area contributed by atoms with Crippen molar-refractivity contribution in [2.75, 3.05) is 19.8 Å². The van der Waals surface area contributed by atoms with E-state index in [4.69, 9.17) is 14.6 Å². The molecule has 1 fully saturated rings. The molecular weight excluding hydrogens is 426 g/mol. The molecule has 2 aromatic rings. The molecule has 0 aliphatic heterocycles. The lowest BCUT2D eigenvalue weighted by atomic mass is 9.84. The lowest BCUT2D eigenvalue weighted by molar-refractivity contribution is -0.137. The summed E-state index contributed by atoms with van der Waals surface area (Å²) in [6.07, 6.45) is 5.52. The van der Waals surface area contributed by atoms with Crippen LogP contribution < -0.4 is 4.74 Å². The van der Waals surface area contributed by atoms with Crippen molar-refractivity contribution in [3.63, 3.8) is 0 Å². The number of hydrogen-bond donors (Lipinski definition) is 1. The van der Waals surface area contributed by atoms with Crippen LogP contribution in [0.1, 0.15) is 43.6 Å². The molecule has 1 aliphatic rings. The van der Waals surface area contributed by atoms with E-state index in [9.17, 15) is 9.18 Å². The first-order chi connectivity index (χ1) is 16.0. The molecular formula is C27H32F2O4. The SMILES string of the molecule is O=C(O)CCC/C=C\C[C@@H]1[C@H](F)CC(c2ccccc2)[C@H]1COCCOc1ccc(F)cc1. The molecule has 1 aliphatic carbocycles. The molecule has 2 aromatic carbocycles. The van der Waals surface area contributed by atoms with E-state index in [1.807, 2.05) is 42.5 Å². The van der Waals surface area contributed by atoms with Gasteiger partial charge in [0, 0.05) is 6.42 Å². The van der Waals surface area contributed by atoms with E-state index < -0.39 is 12.1 Å². The Morgan fingerprint density at radius 1 is 1.03 bits per heavy atom. The zero-order valence-electron chi connectivity index (χ0n) is 18.7. The van der Waals surface area contributed by atoms with Gasteiger partial charge in [0.25, 0.3) is 0 Å². The van der Waals surface area contributed by atoms with E-state index in [1.165, 1.54) is 12.1 Å². The molecule has 0 amide bonds. The summed E-state index contributed by atoms with van der Waals surface area (Å²) in [7, 11) is 0. The van der Waals surface area contributed by atoms with Crippen molar-refractivity contribution < 1.29 is 28.2 Å². The minimum atomic E-state index is -0.914. The average molecular weight is 459 g/mol. The fourth-order valence-corrected chi connectivity index (χ4v) is 4.52. The van der Waals surface area contributed by atoms with Crippen LogP contribution in [0.3, 0.4) is 0 Å². The second kappa shape index (κ2) is 13.1. The second-order valence-corrected chi connectivity index (χ2v) is 8.47. The maximum atomic E-state index is 15.1. The molecule has 0 spiro atoms. The minimum Gasteiger partial charge on any atom is -0.491 e. The highest BCUT2D eigenvalue weighted by Crippen LogP contribution is 2.47. The topological polar surface area (TPSA) is 55.8 Å². The van der Waals surface area contributed by atoms with Crippen molar-refractivity contribution >= 4 is 5.97 Å². The molecule has 4 atom stereocenters. The van der Waals surface area contributed by atoms with Crippen LogP contribution in [0.2, 0.25) is 0 Å². The molecule has 178 valence electrons. The number of rotatable bonds is 13. The van der Waals surface area contributed by atoms with Gasteiger partial charge in [0.1, 0.15) is 24.3 Å². The number of carbonyl (C=O) groups is 1. The van der Waals surface area contributed by atoms with Gasteiger partial charge in [-0.1, -0.05) is 42.5 Å². The molecule has 0 heterocycles. The molecule has 0 aromatic heterocycles. The van der Waals surface area contributed by atoms with Crippen LogP contribution in [0.4, 0.5) is 8.78 Å². The van der Waals surface area contributed by atoms with Crippen LogP contribution in [0, 0.1) is 17.7 Å². The van der Waals surface area contributed by atoms with Crippen molar-refractivity contribution in [3.05, 3.63) is 78.1 Å².